The normalized spacial score (nSPS) is 20.2. The third kappa shape index (κ3) is 3.61. The number of halogens is 1. The summed E-state index contributed by atoms with van der Waals surface area (Å²) in [4.78, 5) is 0. The van der Waals surface area contributed by atoms with Crippen LogP contribution >= 0.6 is 11.6 Å². The molecule has 0 saturated heterocycles. The van der Waals surface area contributed by atoms with Crippen molar-refractivity contribution in [3.63, 3.8) is 0 Å². The second-order valence-corrected chi connectivity index (χ2v) is 6.31. The highest BCUT2D eigenvalue weighted by atomic mass is 35.5. The largest absolute Gasteiger partial charge is 0.373 e. The summed E-state index contributed by atoms with van der Waals surface area (Å²) in [6, 6.07) is 0.0977. The number of hydrogen-bond donors (Lipinski definition) is 1. The van der Waals surface area contributed by atoms with Gasteiger partial charge in [-0.3, -0.25) is 4.68 Å². The van der Waals surface area contributed by atoms with Gasteiger partial charge >= 0.3 is 0 Å². The van der Waals surface area contributed by atoms with E-state index in [-0.39, 0.29) is 11.6 Å². The van der Waals surface area contributed by atoms with Crippen LogP contribution in [0.25, 0.3) is 0 Å². The monoisotopic (exact) mass is 313 g/mol. The first-order valence-corrected chi connectivity index (χ1v) is 8.57. The molecule has 4 nitrogen and oxygen atoms in total. The molecule has 0 radical (unpaired) electrons. The van der Waals surface area contributed by atoms with Crippen molar-refractivity contribution >= 4 is 11.6 Å². The fourth-order valence-electron chi connectivity index (χ4n) is 3.61. The molecule has 1 unspecified atom stereocenters. The van der Waals surface area contributed by atoms with Gasteiger partial charge in [0, 0.05) is 13.7 Å². The van der Waals surface area contributed by atoms with Crippen molar-refractivity contribution < 1.29 is 4.74 Å². The van der Waals surface area contributed by atoms with E-state index in [0.29, 0.717) is 0 Å². The van der Waals surface area contributed by atoms with Crippen LogP contribution in [0.1, 0.15) is 64.1 Å². The van der Waals surface area contributed by atoms with Crippen molar-refractivity contribution in [3.05, 3.63) is 16.9 Å². The third-order valence-corrected chi connectivity index (χ3v) is 4.82. The molecule has 0 spiro atoms. The molecule has 1 aromatic rings. The van der Waals surface area contributed by atoms with Gasteiger partial charge in [0.25, 0.3) is 0 Å². The first kappa shape index (κ1) is 16.8. The number of rotatable bonds is 6. The molecule has 0 amide bonds. The maximum Gasteiger partial charge on any atom is 0.0891 e. The minimum Gasteiger partial charge on any atom is -0.373 e. The minimum atomic E-state index is -0.168. The number of nitrogens with zero attached hydrogens (tertiary/aromatic N) is 2. The van der Waals surface area contributed by atoms with E-state index in [1.165, 1.54) is 25.7 Å². The lowest BCUT2D eigenvalue weighted by Crippen LogP contribution is -2.47. The Morgan fingerprint density at radius 1 is 1.33 bits per heavy atom. The number of aromatic nitrogens is 2. The molecule has 1 N–H and O–H groups in total. The summed E-state index contributed by atoms with van der Waals surface area (Å²) in [5.41, 5.74) is 0.882. The van der Waals surface area contributed by atoms with Gasteiger partial charge in [0.15, 0.2) is 0 Å². The van der Waals surface area contributed by atoms with Gasteiger partial charge in [-0.05, 0) is 26.3 Å². The van der Waals surface area contributed by atoms with Crippen molar-refractivity contribution in [2.24, 2.45) is 7.05 Å². The lowest BCUT2D eigenvalue weighted by atomic mass is 9.84. The molecule has 0 aromatic carbocycles. The number of aryl methyl sites for hydroxylation is 1. The van der Waals surface area contributed by atoms with E-state index in [9.17, 15) is 0 Å². The topological polar surface area (TPSA) is 39.1 Å². The Hall–Kier alpha value is -0.580. The van der Waals surface area contributed by atoms with Gasteiger partial charge in [-0.25, -0.2) is 0 Å². The molecule has 21 heavy (non-hydrogen) atoms. The Morgan fingerprint density at radius 3 is 2.48 bits per heavy atom. The Morgan fingerprint density at radius 2 is 2.00 bits per heavy atom. The van der Waals surface area contributed by atoms with E-state index in [2.05, 4.69) is 24.3 Å². The summed E-state index contributed by atoms with van der Waals surface area (Å²) in [6.07, 6.45) is 8.94. The predicted octanol–water partition coefficient (Wildman–Crippen LogP) is 3.85. The SMILES string of the molecule is CCNC(c1c(Cl)cnn1C)C1(OCC)CCCCCC1. The van der Waals surface area contributed by atoms with E-state index >= 15 is 0 Å². The first-order chi connectivity index (χ1) is 10.1. The lowest BCUT2D eigenvalue weighted by Gasteiger charge is -2.40. The maximum absolute atomic E-state index is 6.42. The number of nitrogens with one attached hydrogen (secondary N) is 1. The van der Waals surface area contributed by atoms with Crippen LogP contribution in [0, 0.1) is 0 Å². The minimum absolute atomic E-state index is 0.0977. The summed E-state index contributed by atoms with van der Waals surface area (Å²) in [7, 11) is 1.96. The zero-order valence-electron chi connectivity index (χ0n) is 13.5. The molecule has 2 rings (SSSR count). The standard InChI is InChI=1S/C16H28ClN3O/c1-4-18-15(14-13(17)12-19-20(14)3)16(21-5-2)10-8-6-7-9-11-16/h12,15,18H,4-11H2,1-3H3. The van der Waals surface area contributed by atoms with Crippen molar-refractivity contribution in [1.82, 2.24) is 15.1 Å². The Bertz CT molecular complexity index is 419. The first-order valence-electron chi connectivity index (χ1n) is 8.19. The van der Waals surface area contributed by atoms with E-state index in [0.717, 1.165) is 36.7 Å². The van der Waals surface area contributed by atoms with Gasteiger partial charge in [-0.15, -0.1) is 0 Å². The Labute approximate surface area is 133 Å². The Kier molecular flexibility index (Phi) is 6.08. The molecule has 5 heteroatoms. The molecule has 1 heterocycles. The Balaban J connectivity index is 2.40. The quantitative estimate of drug-likeness (QED) is 0.811. The van der Waals surface area contributed by atoms with Crippen LogP contribution in [0.2, 0.25) is 5.02 Å². The number of likely N-dealkylation sites (N-methyl/N-ethyl adjacent to an activating group) is 1. The van der Waals surface area contributed by atoms with E-state index in [4.69, 9.17) is 16.3 Å². The molecule has 1 aliphatic carbocycles. The number of ether oxygens (including phenoxy) is 1. The van der Waals surface area contributed by atoms with Gasteiger partial charge in [0.1, 0.15) is 0 Å². The molecule has 1 aliphatic rings. The lowest BCUT2D eigenvalue weighted by molar-refractivity contribution is -0.0795. The van der Waals surface area contributed by atoms with Gasteiger partial charge in [0.2, 0.25) is 0 Å². The van der Waals surface area contributed by atoms with Crippen LogP contribution < -0.4 is 5.32 Å². The molecule has 0 aliphatic heterocycles. The highest BCUT2D eigenvalue weighted by Crippen LogP contribution is 2.42. The van der Waals surface area contributed by atoms with Crippen molar-refractivity contribution in [3.8, 4) is 0 Å². The number of hydrogen-bond acceptors (Lipinski definition) is 3. The summed E-state index contributed by atoms with van der Waals surface area (Å²) < 4.78 is 8.23. The highest BCUT2D eigenvalue weighted by molar-refractivity contribution is 6.31. The van der Waals surface area contributed by atoms with Crippen LogP contribution in [-0.4, -0.2) is 28.5 Å². The fraction of sp³-hybridized carbons (Fsp3) is 0.812. The van der Waals surface area contributed by atoms with Gasteiger partial charge < -0.3 is 10.1 Å². The van der Waals surface area contributed by atoms with E-state index in [1.807, 2.05) is 11.7 Å². The van der Waals surface area contributed by atoms with Crippen molar-refractivity contribution in [2.75, 3.05) is 13.2 Å². The molecule has 1 atom stereocenters. The third-order valence-electron chi connectivity index (χ3n) is 4.53. The van der Waals surface area contributed by atoms with Crippen LogP contribution in [-0.2, 0) is 11.8 Å². The fourth-order valence-corrected chi connectivity index (χ4v) is 3.89. The average Bonchev–Trinajstić information content (AvgIpc) is 2.68. The second kappa shape index (κ2) is 7.61. The average molecular weight is 314 g/mol. The van der Waals surface area contributed by atoms with Gasteiger partial charge in [0.05, 0.1) is 28.6 Å². The second-order valence-electron chi connectivity index (χ2n) is 5.90. The van der Waals surface area contributed by atoms with Crippen molar-refractivity contribution in [1.29, 1.82) is 0 Å². The zero-order chi connectivity index (χ0) is 15.3. The summed E-state index contributed by atoms with van der Waals surface area (Å²) in [5.74, 6) is 0. The predicted molar refractivity (Wildman–Crippen MR) is 86.7 cm³/mol. The molecular formula is C16H28ClN3O. The molecule has 1 aromatic heterocycles. The summed E-state index contributed by atoms with van der Waals surface area (Å²) >= 11 is 6.42. The molecule has 1 saturated carbocycles. The van der Waals surface area contributed by atoms with Gasteiger partial charge in [-0.2, -0.15) is 5.10 Å². The summed E-state index contributed by atoms with van der Waals surface area (Å²) in [5, 5.41) is 8.67. The van der Waals surface area contributed by atoms with Crippen LogP contribution in [0.5, 0.6) is 0 Å². The molecular weight excluding hydrogens is 286 g/mol. The van der Waals surface area contributed by atoms with Gasteiger partial charge in [-0.1, -0.05) is 44.2 Å². The summed E-state index contributed by atoms with van der Waals surface area (Å²) in [6.45, 7) is 5.84. The maximum atomic E-state index is 6.42. The van der Waals surface area contributed by atoms with Crippen LogP contribution in [0.4, 0.5) is 0 Å². The molecule has 0 bridgehead atoms. The smallest absolute Gasteiger partial charge is 0.0891 e. The molecule has 120 valence electrons. The van der Waals surface area contributed by atoms with Crippen LogP contribution in [0.3, 0.4) is 0 Å². The zero-order valence-corrected chi connectivity index (χ0v) is 14.2. The van der Waals surface area contributed by atoms with Crippen LogP contribution in [0.15, 0.2) is 6.20 Å². The van der Waals surface area contributed by atoms with E-state index < -0.39 is 0 Å². The molecule has 1 fully saturated rings. The van der Waals surface area contributed by atoms with E-state index in [1.54, 1.807) is 6.20 Å². The highest BCUT2D eigenvalue weighted by Gasteiger charge is 2.42. The van der Waals surface area contributed by atoms with Crippen molar-refractivity contribution in [2.45, 2.75) is 64.0 Å².